The Hall–Kier alpha value is -2.42. The molecule has 1 aliphatic heterocycles. The van der Waals surface area contributed by atoms with E-state index in [2.05, 4.69) is 5.32 Å². The lowest BCUT2D eigenvalue weighted by Gasteiger charge is -2.27. The third kappa shape index (κ3) is 5.19. The molecule has 7 nitrogen and oxygen atoms in total. The molecule has 0 aliphatic carbocycles. The van der Waals surface area contributed by atoms with Gasteiger partial charge in [-0.15, -0.1) is 0 Å². The maximum Gasteiger partial charge on any atom is 0.258 e. The van der Waals surface area contributed by atoms with E-state index in [9.17, 15) is 13.2 Å². The first-order chi connectivity index (χ1) is 14.3. The van der Waals surface area contributed by atoms with Crippen LogP contribution in [0.4, 0.5) is 0 Å². The number of hydrogen-bond acceptors (Lipinski definition) is 5. The minimum atomic E-state index is -3.64. The molecule has 3 rings (SSSR count). The minimum absolute atomic E-state index is 0.105. The number of carbonyl (C=O) groups is 1. The van der Waals surface area contributed by atoms with E-state index in [1.165, 1.54) is 4.31 Å². The Balaban J connectivity index is 1.64. The Morgan fingerprint density at radius 2 is 1.73 bits per heavy atom. The lowest BCUT2D eigenvalue weighted by Crippen LogP contribution is -2.41. The molecule has 0 unspecified atom stereocenters. The fraction of sp³-hybridized carbons (Fsp3) is 0.409. The first-order valence-corrected chi connectivity index (χ1v) is 11.4. The molecule has 0 bridgehead atoms. The summed E-state index contributed by atoms with van der Waals surface area (Å²) >= 11 is 0. The van der Waals surface area contributed by atoms with Gasteiger partial charge in [0.25, 0.3) is 5.91 Å². The highest BCUT2D eigenvalue weighted by Crippen LogP contribution is 2.24. The van der Waals surface area contributed by atoms with Gasteiger partial charge in [0.15, 0.2) is 6.61 Å². The molecule has 0 spiro atoms. The normalized spacial score (nSPS) is 15.0. The zero-order valence-electron chi connectivity index (χ0n) is 17.6. The number of hydrogen-bond donors (Lipinski definition) is 1. The fourth-order valence-electron chi connectivity index (χ4n) is 3.60. The number of nitrogens with zero attached hydrogens (tertiary/aromatic N) is 1. The van der Waals surface area contributed by atoms with Crippen LogP contribution in [0.3, 0.4) is 0 Å². The Morgan fingerprint density at radius 3 is 2.40 bits per heavy atom. The lowest BCUT2D eigenvalue weighted by molar-refractivity contribution is -0.123. The molecule has 1 heterocycles. The predicted molar refractivity (Wildman–Crippen MR) is 114 cm³/mol. The van der Waals surface area contributed by atoms with Gasteiger partial charge in [-0.2, -0.15) is 4.31 Å². The van der Waals surface area contributed by atoms with Crippen LogP contribution in [0.1, 0.15) is 22.3 Å². The lowest BCUT2D eigenvalue weighted by atomic mass is 10.1. The van der Waals surface area contributed by atoms with Crippen molar-refractivity contribution in [1.82, 2.24) is 9.62 Å². The Morgan fingerprint density at radius 1 is 1.10 bits per heavy atom. The van der Waals surface area contributed by atoms with Gasteiger partial charge in [0.1, 0.15) is 5.75 Å². The van der Waals surface area contributed by atoms with Gasteiger partial charge in [0, 0.05) is 19.6 Å². The fourth-order valence-corrected chi connectivity index (χ4v) is 5.23. The van der Waals surface area contributed by atoms with Crippen LogP contribution in [-0.2, 0) is 26.1 Å². The molecule has 8 heteroatoms. The van der Waals surface area contributed by atoms with Crippen molar-refractivity contribution in [2.24, 2.45) is 0 Å². The zero-order valence-corrected chi connectivity index (χ0v) is 18.4. The van der Waals surface area contributed by atoms with Crippen LogP contribution in [0.25, 0.3) is 0 Å². The number of nitrogens with one attached hydrogen (secondary N) is 1. The minimum Gasteiger partial charge on any atom is -0.483 e. The molecular weight excluding hydrogens is 404 g/mol. The molecule has 1 N–H and O–H groups in total. The highest BCUT2D eigenvalue weighted by atomic mass is 32.2. The van der Waals surface area contributed by atoms with Crippen molar-refractivity contribution in [2.45, 2.75) is 32.2 Å². The van der Waals surface area contributed by atoms with Crippen molar-refractivity contribution in [1.29, 1.82) is 0 Å². The van der Waals surface area contributed by atoms with E-state index in [4.69, 9.17) is 9.47 Å². The SMILES string of the molecule is Cc1cc(C)c(OCC(=O)NCc2ccccc2S(=O)(=O)N2CCOCC2)c(C)c1. The van der Waals surface area contributed by atoms with Crippen LogP contribution in [0.15, 0.2) is 41.3 Å². The molecule has 162 valence electrons. The van der Waals surface area contributed by atoms with Crippen LogP contribution in [0.5, 0.6) is 5.75 Å². The summed E-state index contributed by atoms with van der Waals surface area (Å²) in [6.07, 6.45) is 0. The van der Waals surface area contributed by atoms with Crippen molar-refractivity contribution >= 4 is 15.9 Å². The summed E-state index contributed by atoms with van der Waals surface area (Å²) < 4.78 is 38.4. The topological polar surface area (TPSA) is 84.9 Å². The van der Waals surface area contributed by atoms with Crippen molar-refractivity contribution in [3.8, 4) is 5.75 Å². The van der Waals surface area contributed by atoms with E-state index in [0.717, 1.165) is 16.7 Å². The highest BCUT2D eigenvalue weighted by Gasteiger charge is 2.28. The van der Waals surface area contributed by atoms with E-state index in [-0.39, 0.29) is 24.0 Å². The Bertz CT molecular complexity index is 991. The van der Waals surface area contributed by atoms with Gasteiger partial charge in [0.2, 0.25) is 10.0 Å². The highest BCUT2D eigenvalue weighted by molar-refractivity contribution is 7.89. The summed E-state index contributed by atoms with van der Waals surface area (Å²) in [5.74, 6) is 0.388. The quantitative estimate of drug-likeness (QED) is 0.726. The molecular formula is C22H28N2O5S. The van der Waals surface area contributed by atoms with E-state index in [0.29, 0.717) is 37.6 Å². The zero-order chi connectivity index (χ0) is 21.7. The molecule has 0 radical (unpaired) electrons. The Kier molecular flexibility index (Phi) is 7.12. The van der Waals surface area contributed by atoms with E-state index < -0.39 is 10.0 Å². The monoisotopic (exact) mass is 432 g/mol. The third-order valence-electron chi connectivity index (χ3n) is 4.99. The smallest absolute Gasteiger partial charge is 0.258 e. The second kappa shape index (κ2) is 9.59. The van der Waals surface area contributed by atoms with Gasteiger partial charge >= 0.3 is 0 Å². The van der Waals surface area contributed by atoms with Gasteiger partial charge in [-0.3, -0.25) is 4.79 Å². The second-order valence-corrected chi connectivity index (χ2v) is 9.32. The van der Waals surface area contributed by atoms with Gasteiger partial charge in [-0.1, -0.05) is 35.9 Å². The number of sulfonamides is 1. The second-order valence-electron chi connectivity index (χ2n) is 7.42. The van der Waals surface area contributed by atoms with Crippen molar-refractivity contribution in [3.05, 3.63) is 58.7 Å². The van der Waals surface area contributed by atoms with Crippen molar-refractivity contribution in [3.63, 3.8) is 0 Å². The molecule has 0 atom stereocenters. The Labute approximate surface area is 178 Å². The number of aryl methyl sites for hydroxylation is 3. The summed E-state index contributed by atoms with van der Waals surface area (Å²) in [7, 11) is -3.64. The van der Waals surface area contributed by atoms with E-state index in [1.54, 1.807) is 24.3 Å². The molecule has 0 aromatic heterocycles. The predicted octanol–water partition coefficient (Wildman–Crippen LogP) is 2.33. The molecule has 1 fully saturated rings. The average Bonchev–Trinajstić information content (AvgIpc) is 2.72. The van der Waals surface area contributed by atoms with Crippen molar-refractivity contribution in [2.75, 3.05) is 32.9 Å². The number of benzene rings is 2. The van der Waals surface area contributed by atoms with E-state index >= 15 is 0 Å². The summed E-state index contributed by atoms with van der Waals surface area (Å²) in [6.45, 7) is 7.29. The summed E-state index contributed by atoms with van der Waals surface area (Å²) in [4.78, 5) is 12.5. The average molecular weight is 433 g/mol. The summed E-state index contributed by atoms with van der Waals surface area (Å²) in [5, 5.41) is 2.76. The van der Waals surface area contributed by atoms with E-state index in [1.807, 2.05) is 32.9 Å². The van der Waals surface area contributed by atoms with Gasteiger partial charge in [-0.05, 0) is 43.5 Å². The largest absolute Gasteiger partial charge is 0.483 e. The molecule has 2 aromatic carbocycles. The first kappa shape index (κ1) is 22.3. The van der Waals surface area contributed by atoms with Gasteiger partial charge < -0.3 is 14.8 Å². The summed E-state index contributed by atoms with van der Waals surface area (Å²) in [6, 6.07) is 10.7. The molecule has 1 aliphatic rings. The van der Waals surface area contributed by atoms with Crippen LogP contribution >= 0.6 is 0 Å². The third-order valence-corrected chi connectivity index (χ3v) is 6.99. The molecule has 30 heavy (non-hydrogen) atoms. The molecule has 2 aromatic rings. The molecule has 1 saturated heterocycles. The van der Waals surface area contributed by atoms with Crippen LogP contribution in [0, 0.1) is 20.8 Å². The van der Waals surface area contributed by atoms with Gasteiger partial charge in [0.05, 0.1) is 18.1 Å². The molecule has 1 amide bonds. The number of rotatable bonds is 7. The maximum absolute atomic E-state index is 13.0. The van der Waals surface area contributed by atoms with Crippen molar-refractivity contribution < 1.29 is 22.7 Å². The van der Waals surface area contributed by atoms with Crippen LogP contribution in [0.2, 0.25) is 0 Å². The number of carbonyl (C=O) groups excluding carboxylic acids is 1. The van der Waals surface area contributed by atoms with Crippen LogP contribution in [-0.4, -0.2) is 51.5 Å². The number of amides is 1. The summed E-state index contributed by atoms with van der Waals surface area (Å²) in [5.41, 5.74) is 3.63. The molecule has 0 saturated carbocycles. The number of morpholine rings is 1. The number of ether oxygens (including phenoxy) is 2. The standard InChI is InChI=1S/C22H28N2O5S/c1-16-12-17(2)22(18(3)13-16)29-15-21(25)23-14-19-6-4-5-7-20(19)30(26,27)24-8-10-28-11-9-24/h4-7,12-13H,8-11,14-15H2,1-3H3,(H,23,25). The van der Waals surface area contributed by atoms with Crippen LogP contribution < -0.4 is 10.1 Å². The maximum atomic E-state index is 13.0. The first-order valence-electron chi connectivity index (χ1n) is 9.92. The van der Waals surface area contributed by atoms with Gasteiger partial charge in [-0.25, -0.2) is 8.42 Å².